The number of nitrogens with one attached hydrogen (secondary N) is 2. The standard InChI is InChI=1S/C21H17FN2O5S/c22-14-4-3-5-16(12-14)30(26,27)24-18-7-2-1-6-17(18)21(25)23-15-8-9-19-20(13-15)29-11-10-28-19/h1-9,12-13,24H,10-11H2,(H,23,25). The molecule has 0 spiro atoms. The van der Waals surface area contributed by atoms with E-state index in [4.69, 9.17) is 9.47 Å². The first kappa shape index (κ1) is 19.7. The molecular weight excluding hydrogens is 411 g/mol. The second-order valence-corrected chi connectivity index (χ2v) is 8.10. The lowest BCUT2D eigenvalue weighted by Gasteiger charge is -2.19. The van der Waals surface area contributed by atoms with Crippen LogP contribution in [0.4, 0.5) is 15.8 Å². The number of para-hydroxylation sites is 1. The summed E-state index contributed by atoms with van der Waals surface area (Å²) < 4.78 is 51.9. The number of ether oxygens (including phenoxy) is 2. The van der Waals surface area contributed by atoms with Crippen LogP contribution in [0.3, 0.4) is 0 Å². The SMILES string of the molecule is O=C(Nc1ccc2c(c1)OCCO2)c1ccccc1NS(=O)(=O)c1cccc(F)c1. The minimum atomic E-state index is -4.08. The van der Waals surface area contributed by atoms with Crippen LogP contribution in [0.25, 0.3) is 0 Å². The maximum absolute atomic E-state index is 13.4. The van der Waals surface area contributed by atoms with E-state index in [1.165, 1.54) is 24.3 Å². The Morgan fingerprint density at radius 2 is 1.67 bits per heavy atom. The monoisotopic (exact) mass is 428 g/mol. The van der Waals surface area contributed by atoms with Gasteiger partial charge in [-0.3, -0.25) is 9.52 Å². The van der Waals surface area contributed by atoms with Gasteiger partial charge in [0.25, 0.3) is 15.9 Å². The van der Waals surface area contributed by atoms with Crippen molar-refractivity contribution in [3.8, 4) is 11.5 Å². The third-order valence-corrected chi connectivity index (χ3v) is 5.69. The Morgan fingerprint density at radius 1 is 0.900 bits per heavy atom. The molecule has 1 heterocycles. The molecule has 0 unspecified atom stereocenters. The fourth-order valence-electron chi connectivity index (χ4n) is 2.93. The molecule has 0 aromatic heterocycles. The number of benzene rings is 3. The first-order chi connectivity index (χ1) is 14.4. The summed E-state index contributed by atoms with van der Waals surface area (Å²) in [7, 11) is -4.08. The number of carbonyl (C=O) groups excluding carboxylic acids is 1. The van der Waals surface area contributed by atoms with Crippen molar-refractivity contribution in [3.63, 3.8) is 0 Å². The molecule has 30 heavy (non-hydrogen) atoms. The van der Waals surface area contributed by atoms with Crippen molar-refractivity contribution in [2.24, 2.45) is 0 Å². The molecule has 0 saturated carbocycles. The molecule has 1 amide bonds. The fourth-order valence-corrected chi connectivity index (χ4v) is 4.04. The van der Waals surface area contributed by atoms with E-state index in [0.717, 1.165) is 12.1 Å². The molecule has 1 aliphatic rings. The van der Waals surface area contributed by atoms with Gasteiger partial charge in [-0.2, -0.15) is 0 Å². The molecule has 3 aromatic carbocycles. The third kappa shape index (κ3) is 4.20. The zero-order chi connectivity index (χ0) is 21.1. The Morgan fingerprint density at radius 3 is 2.47 bits per heavy atom. The number of fused-ring (bicyclic) bond motifs is 1. The summed E-state index contributed by atoms with van der Waals surface area (Å²) in [6.45, 7) is 0.868. The molecule has 3 aromatic rings. The number of hydrogen-bond acceptors (Lipinski definition) is 5. The minimum absolute atomic E-state index is 0.0665. The number of anilines is 2. The number of sulfonamides is 1. The van der Waals surface area contributed by atoms with Crippen molar-refractivity contribution in [3.05, 3.63) is 78.1 Å². The van der Waals surface area contributed by atoms with Crippen molar-refractivity contribution in [2.45, 2.75) is 4.90 Å². The number of carbonyl (C=O) groups is 1. The van der Waals surface area contributed by atoms with Gasteiger partial charge in [0.1, 0.15) is 19.0 Å². The molecule has 2 N–H and O–H groups in total. The van der Waals surface area contributed by atoms with E-state index >= 15 is 0 Å². The Bertz CT molecular complexity index is 1210. The molecule has 0 saturated heterocycles. The lowest BCUT2D eigenvalue weighted by Crippen LogP contribution is -2.19. The molecule has 1 aliphatic heterocycles. The van der Waals surface area contributed by atoms with Crippen LogP contribution >= 0.6 is 0 Å². The van der Waals surface area contributed by atoms with Gasteiger partial charge in [-0.1, -0.05) is 18.2 Å². The molecule has 7 nitrogen and oxygen atoms in total. The van der Waals surface area contributed by atoms with Gasteiger partial charge in [-0.25, -0.2) is 12.8 Å². The predicted molar refractivity (Wildman–Crippen MR) is 109 cm³/mol. The molecule has 9 heteroatoms. The summed E-state index contributed by atoms with van der Waals surface area (Å²) >= 11 is 0. The van der Waals surface area contributed by atoms with Gasteiger partial charge < -0.3 is 14.8 Å². The highest BCUT2D eigenvalue weighted by Gasteiger charge is 2.20. The van der Waals surface area contributed by atoms with Gasteiger partial charge in [-0.05, 0) is 42.5 Å². The van der Waals surface area contributed by atoms with Crippen molar-refractivity contribution < 1.29 is 27.1 Å². The lowest BCUT2D eigenvalue weighted by atomic mass is 10.1. The maximum Gasteiger partial charge on any atom is 0.262 e. The average Bonchev–Trinajstić information content (AvgIpc) is 2.74. The van der Waals surface area contributed by atoms with E-state index in [1.807, 2.05) is 0 Å². The highest BCUT2D eigenvalue weighted by molar-refractivity contribution is 7.92. The normalized spacial score (nSPS) is 12.8. The van der Waals surface area contributed by atoms with Crippen LogP contribution in [-0.2, 0) is 10.0 Å². The zero-order valence-electron chi connectivity index (χ0n) is 15.6. The number of rotatable bonds is 5. The van der Waals surface area contributed by atoms with Gasteiger partial charge >= 0.3 is 0 Å². The smallest absolute Gasteiger partial charge is 0.262 e. The second kappa shape index (κ2) is 8.03. The molecular formula is C21H17FN2O5S. The van der Waals surface area contributed by atoms with Crippen LogP contribution < -0.4 is 19.5 Å². The van der Waals surface area contributed by atoms with Gasteiger partial charge in [0.2, 0.25) is 0 Å². The summed E-state index contributed by atoms with van der Waals surface area (Å²) in [6.07, 6.45) is 0. The first-order valence-electron chi connectivity index (χ1n) is 9.01. The van der Waals surface area contributed by atoms with Crippen molar-refractivity contribution in [1.82, 2.24) is 0 Å². The highest BCUT2D eigenvalue weighted by atomic mass is 32.2. The van der Waals surface area contributed by atoms with Crippen LogP contribution in [0.2, 0.25) is 0 Å². The van der Waals surface area contributed by atoms with Gasteiger partial charge in [0.15, 0.2) is 11.5 Å². The number of halogens is 1. The maximum atomic E-state index is 13.4. The fraction of sp³-hybridized carbons (Fsp3) is 0.0952. The molecule has 154 valence electrons. The van der Waals surface area contributed by atoms with E-state index in [1.54, 1.807) is 30.3 Å². The van der Waals surface area contributed by atoms with Crippen molar-refractivity contribution in [1.29, 1.82) is 0 Å². The summed E-state index contributed by atoms with van der Waals surface area (Å²) in [5.74, 6) is -0.103. The lowest BCUT2D eigenvalue weighted by molar-refractivity contribution is 0.102. The quantitative estimate of drug-likeness (QED) is 0.647. The van der Waals surface area contributed by atoms with Gasteiger partial charge in [0.05, 0.1) is 16.1 Å². The van der Waals surface area contributed by atoms with E-state index in [2.05, 4.69) is 10.0 Å². The first-order valence-corrected chi connectivity index (χ1v) is 10.5. The topological polar surface area (TPSA) is 93.7 Å². The van der Waals surface area contributed by atoms with Gasteiger partial charge in [-0.15, -0.1) is 0 Å². The van der Waals surface area contributed by atoms with E-state index in [-0.39, 0.29) is 16.1 Å². The third-order valence-electron chi connectivity index (χ3n) is 4.32. The molecule has 0 fully saturated rings. The highest BCUT2D eigenvalue weighted by Crippen LogP contribution is 2.33. The predicted octanol–water partition coefficient (Wildman–Crippen LogP) is 3.65. The molecule has 0 radical (unpaired) electrons. The van der Waals surface area contributed by atoms with E-state index < -0.39 is 21.7 Å². The Kier molecular flexibility index (Phi) is 5.28. The average molecular weight is 428 g/mol. The summed E-state index contributed by atoms with van der Waals surface area (Å²) in [4.78, 5) is 12.6. The second-order valence-electron chi connectivity index (χ2n) is 6.42. The zero-order valence-corrected chi connectivity index (χ0v) is 16.4. The van der Waals surface area contributed by atoms with Crippen LogP contribution in [-0.4, -0.2) is 27.5 Å². The number of amides is 1. The van der Waals surface area contributed by atoms with E-state index in [0.29, 0.717) is 30.4 Å². The molecule has 0 atom stereocenters. The molecule has 0 aliphatic carbocycles. The summed E-state index contributed by atoms with van der Waals surface area (Å²) in [5.41, 5.74) is 0.635. The van der Waals surface area contributed by atoms with Crippen molar-refractivity contribution >= 4 is 27.3 Å². The Balaban J connectivity index is 1.58. The van der Waals surface area contributed by atoms with Crippen LogP contribution in [0.1, 0.15) is 10.4 Å². The Labute approximate surface area is 172 Å². The van der Waals surface area contributed by atoms with Crippen LogP contribution in [0.5, 0.6) is 11.5 Å². The van der Waals surface area contributed by atoms with E-state index in [9.17, 15) is 17.6 Å². The minimum Gasteiger partial charge on any atom is -0.486 e. The van der Waals surface area contributed by atoms with Crippen LogP contribution in [0.15, 0.2) is 71.6 Å². The largest absolute Gasteiger partial charge is 0.486 e. The Hall–Kier alpha value is -3.59. The molecule has 4 rings (SSSR count). The van der Waals surface area contributed by atoms with Crippen LogP contribution in [0, 0.1) is 5.82 Å². The van der Waals surface area contributed by atoms with Gasteiger partial charge in [0, 0.05) is 11.8 Å². The van der Waals surface area contributed by atoms with Crippen molar-refractivity contribution in [2.75, 3.05) is 23.3 Å². The summed E-state index contributed by atoms with van der Waals surface area (Å²) in [6, 6.07) is 15.7. The summed E-state index contributed by atoms with van der Waals surface area (Å²) in [5, 5.41) is 2.71. The number of hydrogen-bond donors (Lipinski definition) is 2. The molecule has 0 bridgehead atoms.